The van der Waals surface area contributed by atoms with Crippen molar-refractivity contribution in [3.8, 4) is 28.3 Å². The number of benzene rings is 2. The highest BCUT2D eigenvalue weighted by Gasteiger charge is 2.63. The van der Waals surface area contributed by atoms with Crippen molar-refractivity contribution in [1.29, 1.82) is 5.26 Å². The van der Waals surface area contributed by atoms with E-state index in [1.165, 1.54) is 16.2 Å². The maximum absolute atomic E-state index is 15.0. The van der Waals surface area contributed by atoms with Crippen LogP contribution in [0.4, 0.5) is 5.69 Å². The number of hydrogen-bond acceptors (Lipinski definition) is 12. The molecule has 62 heavy (non-hydrogen) atoms. The summed E-state index contributed by atoms with van der Waals surface area (Å²) in [6, 6.07) is 12.9. The molecule has 4 heterocycles. The number of sulfonamides is 1. The van der Waals surface area contributed by atoms with Crippen LogP contribution in [0.1, 0.15) is 101 Å². The number of nitrogens with one attached hydrogen (secondary N) is 3. The summed E-state index contributed by atoms with van der Waals surface area (Å²) in [5.74, 6) is -0.722. The van der Waals surface area contributed by atoms with E-state index in [9.17, 15) is 28.1 Å². The van der Waals surface area contributed by atoms with Gasteiger partial charge in [-0.2, -0.15) is 5.26 Å². The molecule has 4 aliphatic rings. The molecule has 4 aromatic rings. The van der Waals surface area contributed by atoms with Gasteiger partial charge in [-0.25, -0.2) is 18.4 Å². The molecule has 2 aliphatic heterocycles. The van der Waals surface area contributed by atoms with E-state index < -0.39 is 56.2 Å². The summed E-state index contributed by atoms with van der Waals surface area (Å²) in [5.41, 5.74) is 2.57. The van der Waals surface area contributed by atoms with E-state index in [1.54, 1.807) is 38.3 Å². The number of rotatable bonds is 10. The molecule has 0 unspecified atom stereocenters. The molecule has 2 saturated carbocycles. The Bertz CT molecular complexity index is 2600. The summed E-state index contributed by atoms with van der Waals surface area (Å²) < 4.78 is 40.4. The summed E-state index contributed by atoms with van der Waals surface area (Å²) >= 11 is 1.49. The number of carbonyl (C=O) groups excluding carboxylic acids is 3. The fourth-order valence-corrected chi connectivity index (χ4v) is 10.7. The number of nitrogens with zero attached hydrogens (tertiary/aromatic N) is 4. The van der Waals surface area contributed by atoms with Crippen LogP contribution >= 0.6 is 11.3 Å². The second-order valence-corrected chi connectivity index (χ2v) is 20.7. The number of aromatic nitrogens is 2. The zero-order valence-electron chi connectivity index (χ0n) is 35.7. The lowest BCUT2D eigenvalue weighted by Crippen LogP contribution is -2.58. The summed E-state index contributed by atoms with van der Waals surface area (Å²) in [7, 11) is -2.39. The first-order chi connectivity index (χ1) is 29.6. The highest BCUT2D eigenvalue weighted by Crippen LogP contribution is 2.48. The number of ether oxygens (including phenoxy) is 2. The molecule has 0 bridgehead atoms. The number of aryl methyl sites for hydroxylation is 1. The van der Waals surface area contributed by atoms with E-state index >= 15 is 0 Å². The first-order valence-electron chi connectivity index (χ1n) is 21.4. The molecule has 5 atom stereocenters. The quantitative estimate of drug-likeness (QED) is 0.141. The molecule has 2 aromatic heterocycles. The van der Waals surface area contributed by atoms with Crippen molar-refractivity contribution in [2.45, 2.75) is 120 Å². The molecule has 2 aliphatic carbocycles. The number of nitriles is 1. The number of anilines is 1. The number of hydrogen-bond donors (Lipinski definition) is 3. The van der Waals surface area contributed by atoms with Gasteiger partial charge >= 0.3 is 0 Å². The number of allylic oxidation sites excluding steroid dienone is 1. The maximum atomic E-state index is 15.0. The lowest BCUT2D eigenvalue weighted by Gasteiger charge is -2.30. The Morgan fingerprint density at radius 2 is 1.90 bits per heavy atom. The Kier molecular flexibility index (Phi) is 11.8. The van der Waals surface area contributed by atoms with Gasteiger partial charge in [-0.3, -0.25) is 19.1 Å². The van der Waals surface area contributed by atoms with Gasteiger partial charge in [0.2, 0.25) is 21.8 Å². The van der Waals surface area contributed by atoms with Gasteiger partial charge in [0.05, 0.1) is 41.2 Å². The third-order valence-electron chi connectivity index (χ3n) is 12.8. The van der Waals surface area contributed by atoms with Crippen LogP contribution in [0.15, 0.2) is 60.0 Å². The van der Waals surface area contributed by atoms with Crippen LogP contribution in [0.5, 0.6) is 11.5 Å². The van der Waals surface area contributed by atoms with E-state index in [4.69, 9.17) is 19.4 Å². The van der Waals surface area contributed by atoms with Gasteiger partial charge in [0, 0.05) is 40.4 Å². The van der Waals surface area contributed by atoms with E-state index in [1.807, 2.05) is 42.7 Å². The molecule has 3 fully saturated rings. The van der Waals surface area contributed by atoms with Crippen LogP contribution in [0.2, 0.25) is 0 Å². The van der Waals surface area contributed by atoms with Gasteiger partial charge in [0.25, 0.3) is 5.91 Å². The van der Waals surface area contributed by atoms with Gasteiger partial charge in [0.1, 0.15) is 45.9 Å². The molecule has 2 aromatic carbocycles. The second kappa shape index (κ2) is 17.0. The largest absolute Gasteiger partial charge is 0.496 e. The summed E-state index contributed by atoms with van der Waals surface area (Å²) in [5, 5.41) is 19.4. The van der Waals surface area contributed by atoms with Crippen LogP contribution in [0, 0.1) is 24.2 Å². The molecule has 326 valence electrons. The van der Waals surface area contributed by atoms with Crippen LogP contribution in [-0.4, -0.2) is 83.1 Å². The normalized spacial score (nSPS) is 25.3. The standard InChI is InChI=1S/C46H53N7O7S2/c1-27(2)36-26-61-42(50-36)35-22-39(33-16-17-38(59-5)28(3)40(33)49-35)60-32-21-37-41(54)51-46(44(56)52-62(57,58)45(4)18-19-45)23-30(46)13-9-7-6-8-10-15-34(43(55)53(37)25-32)48-31-14-11-12-29(20-31)24-47/h9,11-14,16-17,20,22,26-27,30,32,34,37,48H,6-8,10,15,18-19,21,23,25H2,1-5H3,(H,51,54)(H,52,56)/b13-9-/t30-,32-,34+,37+,46-/m1/s1. The zero-order chi connectivity index (χ0) is 44.0. The smallest absolute Gasteiger partial charge is 0.259 e. The number of methoxy groups -OCH3 is 1. The van der Waals surface area contributed by atoms with Crippen LogP contribution in [-0.2, 0) is 24.4 Å². The molecule has 0 radical (unpaired) electrons. The average molecular weight is 880 g/mol. The first-order valence-corrected chi connectivity index (χ1v) is 23.7. The van der Waals surface area contributed by atoms with E-state index in [-0.39, 0.29) is 31.2 Å². The van der Waals surface area contributed by atoms with E-state index in [2.05, 4.69) is 35.3 Å². The summed E-state index contributed by atoms with van der Waals surface area (Å²) in [6.07, 6.45) is 7.98. The Balaban J connectivity index is 1.16. The van der Waals surface area contributed by atoms with Gasteiger partial charge in [-0.1, -0.05) is 44.9 Å². The molecule has 8 rings (SSSR count). The molecule has 14 nitrogen and oxygen atoms in total. The SMILES string of the molecule is COc1ccc2c(O[C@@H]3C[C@H]4C(=O)N[C@]5(C(=O)NS(=O)(=O)C6(C)CC6)C[C@H]5/C=C\CCCCC[C@H](Nc5cccc(C#N)c5)C(=O)N4C3)cc(-c3nc(C(C)C)cs3)nc2c1C. The lowest BCUT2D eigenvalue weighted by molar-refractivity contribution is -0.140. The van der Waals surface area contributed by atoms with E-state index in [0.29, 0.717) is 53.2 Å². The second-order valence-electron chi connectivity index (χ2n) is 17.6. The third kappa shape index (κ3) is 8.49. The van der Waals surface area contributed by atoms with Crippen molar-refractivity contribution in [2.75, 3.05) is 19.0 Å². The number of pyridine rings is 1. The van der Waals surface area contributed by atoms with Crippen molar-refractivity contribution in [3.63, 3.8) is 0 Å². The third-order valence-corrected chi connectivity index (χ3v) is 15.8. The van der Waals surface area contributed by atoms with Crippen molar-refractivity contribution >= 4 is 55.7 Å². The van der Waals surface area contributed by atoms with E-state index in [0.717, 1.165) is 47.3 Å². The van der Waals surface area contributed by atoms with Gasteiger partial charge < -0.3 is 25.0 Å². The monoisotopic (exact) mass is 879 g/mol. The van der Waals surface area contributed by atoms with Crippen molar-refractivity contribution in [2.24, 2.45) is 5.92 Å². The zero-order valence-corrected chi connectivity index (χ0v) is 37.3. The fraction of sp³-hybridized carbons (Fsp3) is 0.478. The maximum Gasteiger partial charge on any atom is 0.259 e. The molecule has 3 amide bonds. The van der Waals surface area contributed by atoms with Gasteiger partial charge in [0.15, 0.2) is 0 Å². The Hall–Kier alpha value is -5.53. The molecule has 1 saturated heterocycles. The topological polar surface area (TPSA) is 193 Å². The first kappa shape index (κ1) is 43.1. The Labute approximate surface area is 366 Å². The highest BCUT2D eigenvalue weighted by molar-refractivity contribution is 7.91. The minimum absolute atomic E-state index is 0.0473. The van der Waals surface area contributed by atoms with Gasteiger partial charge in [-0.05, 0) is 88.6 Å². The summed E-state index contributed by atoms with van der Waals surface area (Å²) in [6.45, 7) is 7.75. The molecular formula is C46H53N7O7S2. The predicted octanol–water partition coefficient (Wildman–Crippen LogP) is 6.89. The van der Waals surface area contributed by atoms with Crippen LogP contribution in [0.3, 0.4) is 0 Å². The van der Waals surface area contributed by atoms with Crippen LogP contribution < -0.4 is 24.8 Å². The van der Waals surface area contributed by atoms with Crippen molar-refractivity contribution in [3.05, 3.63) is 76.8 Å². The predicted molar refractivity (Wildman–Crippen MR) is 237 cm³/mol. The number of fused-ring (bicyclic) bond motifs is 3. The Morgan fingerprint density at radius 3 is 2.63 bits per heavy atom. The molecular weight excluding hydrogens is 827 g/mol. The molecule has 3 N–H and O–H groups in total. The van der Waals surface area contributed by atoms with Crippen molar-refractivity contribution < 1.29 is 32.3 Å². The van der Waals surface area contributed by atoms with Crippen LogP contribution in [0.25, 0.3) is 21.6 Å². The number of carbonyl (C=O) groups is 3. The minimum atomic E-state index is -4.00. The molecule has 16 heteroatoms. The number of thiazole rings is 1. The summed E-state index contributed by atoms with van der Waals surface area (Å²) in [4.78, 5) is 55.2. The number of amides is 3. The lowest BCUT2D eigenvalue weighted by atomic mass is 10.0. The van der Waals surface area contributed by atoms with Gasteiger partial charge in [-0.15, -0.1) is 11.3 Å². The Morgan fingerprint density at radius 1 is 1.10 bits per heavy atom. The highest BCUT2D eigenvalue weighted by atomic mass is 32.2. The fourth-order valence-electron chi connectivity index (χ4n) is 8.48. The molecule has 0 spiro atoms. The minimum Gasteiger partial charge on any atom is -0.496 e. The average Bonchev–Trinajstić information content (AvgIpc) is 4.02. The van der Waals surface area contributed by atoms with Crippen molar-refractivity contribution in [1.82, 2.24) is 24.9 Å².